The van der Waals surface area contributed by atoms with E-state index < -0.39 is 11.4 Å². The van der Waals surface area contributed by atoms with Crippen molar-refractivity contribution < 1.29 is 24.3 Å². The van der Waals surface area contributed by atoms with E-state index in [1.54, 1.807) is 0 Å². The van der Waals surface area contributed by atoms with Crippen molar-refractivity contribution in [2.45, 2.75) is 140 Å². The van der Waals surface area contributed by atoms with Gasteiger partial charge in [-0.05, 0) is 65.6 Å². The van der Waals surface area contributed by atoms with Gasteiger partial charge >= 0.3 is 5.97 Å². The number of fused-ring (bicyclic) bond motifs is 5. The Labute approximate surface area is 254 Å². The summed E-state index contributed by atoms with van der Waals surface area (Å²) in [4.78, 5) is 52.1. The van der Waals surface area contributed by atoms with Crippen molar-refractivity contribution in [1.82, 2.24) is 0 Å². The molecular weight excluding hydrogens is 603 g/mol. The van der Waals surface area contributed by atoms with E-state index in [-0.39, 0.29) is 58.3 Å². The molecule has 0 radical (unpaired) electrons. The molecule has 0 amide bonds. The number of rotatable bonds is 4. The fourth-order valence-corrected chi connectivity index (χ4v) is 7.94. The lowest BCUT2D eigenvalue weighted by atomic mass is 9.40. The van der Waals surface area contributed by atoms with Gasteiger partial charge in [-0.3, -0.25) is 19.2 Å². The molecule has 4 saturated carbocycles. The summed E-state index contributed by atoms with van der Waals surface area (Å²) in [7, 11) is 0. The minimum absolute atomic E-state index is 0.0465. The molecule has 0 bridgehead atoms. The molecule has 0 saturated heterocycles. The smallest absolute Gasteiger partial charge is 0.303 e. The van der Waals surface area contributed by atoms with Crippen LogP contribution < -0.4 is 0 Å². The van der Waals surface area contributed by atoms with Crippen molar-refractivity contribution in [3.05, 3.63) is 0 Å². The lowest BCUT2D eigenvalue weighted by Gasteiger charge is -2.62. The number of carboxylic acid groups (broad SMARTS) is 1. The first-order valence-electron chi connectivity index (χ1n) is 15.7. The molecule has 4 aliphatic rings. The van der Waals surface area contributed by atoms with Gasteiger partial charge in [-0.2, -0.15) is 0 Å². The highest BCUT2D eigenvalue weighted by molar-refractivity contribution is 14.1. The van der Waals surface area contributed by atoms with Crippen LogP contribution in [0, 0.1) is 39.9 Å². The molecule has 39 heavy (non-hydrogen) atoms. The van der Waals surface area contributed by atoms with E-state index in [9.17, 15) is 19.2 Å². The summed E-state index contributed by atoms with van der Waals surface area (Å²) in [6, 6.07) is 0. The Bertz CT molecular complexity index is 780. The SMILES string of the molecule is CC.CC.CC.CC.CC12C(=O)CC3C(C(=O)CC4(C)CC(=O)CCC34C)C1CCC2CCCC(=O)O.CI. The van der Waals surface area contributed by atoms with Crippen molar-refractivity contribution in [2.75, 3.05) is 4.93 Å². The van der Waals surface area contributed by atoms with Gasteiger partial charge in [0.25, 0.3) is 0 Å². The van der Waals surface area contributed by atoms with E-state index in [1.165, 1.54) is 0 Å². The van der Waals surface area contributed by atoms with Crippen molar-refractivity contribution in [2.24, 2.45) is 39.9 Å². The maximum absolute atomic E-state index is 13.6. The van der Waals surface area contributed by atoms with Crippen LogP contribution in [0.25, 0.3) is 0 Å². The summed E-state index contributed by atoms with van der Waals surface area (Å²) in [5.74, 6) is 0.232. The Hall–Kier alpha value is -0.790. The molecule has 4 aliphatic carbocycles. The first-order chi connectivity index (χ1) is 18.5. The average molecular weight is 665 g/mol. The Morgan fingerprint density at radius 3 is 1.92 bits per heavy atom. The van der Waals surface area contributed by atoms with E-state index >= 15 is 0 Å². The molecule has 6 heteroatoms. The van der Waals surface area contributed by atoms with E-state index in [0.717, 1.165) is 25.7 Å². The fourth-order valence-electron chi connectivity index (χ4n) is 7.94. The van der Waals surface area contributed by atoms with Crippen LogP contribution in [0.5, 0.6) is 0 Å². The molecule has 1 N–H and O–H groups in total. The Morgan fingerprint density at radius 2 is 1.41 bits per heavy atom. The molecule has 7 atom stereocenters. The average Bonchev–Trinajstić information content (AvgIpc) is 3.28. The monoisotopic (exact) mass is 664 g/mol. The van der Waals surface area contributed by atoms with Gasteiger partial charge in [0, 0.05) is 43.4 Å². The molecule has 5 nitrogen and oxygen atoms in total. The highest BCUT2D eigenvalue weighted by Gasteiger charge is 2.68. The third kappa shape index (κ3) is 8.16. The minimum atomic E-state index is -0.791. The lowest BCUT2D eigenvalue weighted by molar-refractivity contribution is -0.177. The summed E-state index contributed by atoms with van der Waals surface area (Å²) in [6.07, 6.45) is 6.00. The Morgan fingerprint density at radius 1 is 0.872 bits per heavy atom. The van der Waals surface area contributed by atoms with Gasteiger partial charge in [-0.25, -0.2) is 0 Å². The zero-order valence-electron chi connectivity index (χ0n) is 27.3. The first-order valence-corrected chi connectivity index (χ1v) is 17.9. The van der Waals surface area contributed by atoms with E-state index in [4.69, 9.17) is 5.11 Å². The zero-order valence-corrected chi connectivity index (χ0v) is 29.5. The van der Waals surface area contributed by atoms with Crippen molar-refractivity contribution >= 4 is 45.9 Å². The second-order valence-electron chi connectivity index (χ2n) is 11.0. The molecule has 0 spiro atoms. The standard InChI is InChI=1S/C24H34O5.4C2H6.CH3I/c1-22-12-15(25)9-10-23(22,2)17-11-19(27)24(3)14(5-4-6-20(28)29)7-8-16(24)21(17)18(26)13-22;5*1-2/h14,16-17,21H,4-13H2,1-3H3,(H,28,29);4*1-2H3;1H3. The molecule has 0 aromatic rings. The van der Waals surface area contributed by atoms with Crippen LogP contribution in [-0.4, -0.2) is 33.4 Å². The number of alkyl halides is 1. The number of carbonyl (C=O) groups is 4. The number of carbonyl (C=O) groups excluding carboxylic acids is 3. The molecule has 230 valence electrons. The van der Waals surface area contributed by atoms with Gasteiger partial charge in [0.15, 0.2) is 0 Å². The lowest BCUT2D eigenvalue weighted by Crippen LogP contribution is -2.62. The van der Waals surface area contributed by atoms with Crippen molar-refractivity contribution in [3.63, 3.8) is 0 Å². The third-order valence-electron chi connectivity index (χ3n) is 9.90. The maximum atomic E-state index is 13.6. The number of aliphatic carboxylic acids is 1. The minimum Gasteiger partial charge on any atom is -0.481 e. The van der Waals surface area contributed by atoms with Crippen molar-refractivity contribution in [3.8, 4) is 0 Å². The second kappa shape index (κ2) is 18.6. The van der Waals surface area contributed by atoms with Gasteiger partial charge in [-0.1, -0.05) is 98.8 Å². The second-order valence-corrected chi connectivity index (χ2v) is 11.0. The van der Waals surface area contributed by atoms with Crippen molar-refractivity contribution in [1.29, 1.82) is 0 Å². The number of ketones is 3. The number of halogens is 1. The van der Waals surface area contributed by atoms with E-state index in [0.29, 0.717) is 32.1 Å². The number of Topliss-reactive ketones (excluding diaryl/α,β-unsaturated/α-hetero) is 3. The summed E-state index contributed by atoms with van der Waals surface area (Å²) < 4.78 is 0. The zero-order chi connectivity index (χ0) is 31.2. The highest BCUT2D eigenvalue weighted by Crippen LogP contribution is 2.69. The van der Waals surface area contributed by atoms with Gasteiger partial charge in [0.2, 0.25) is 0 Å². The van der Waals surface area contributed by atoms with Crippen LogP contribution >= 0.6 is 22.6 Å². The molecule has 7 unspecified atom stereocenters. The predicted octanol–water partition coefficient (Wildman–Crippen LogP) is 9.37. The third-order valence-corrected chi connectivity index (χ3v) is 9.90. The maximum Gasteiger partial charge on any atom is 0.303 e. The fraction of sp³-hybridized carbons (Fsp3) is 0.879. The first kappa shape index (κ1) is 40.3. The number of carboxylic acids is 1. The molecular formula is C33H61IO5. The molecule has 4 rings (SSSR count). The van der Waals surface area contributed by atoms with Gasteiger partial charge < -0.3 is 5.11 Å². The molecule has 0 heterocycles. The summed E-state index contributed by atoms with van der Waals surface area (Å²) in [6.45, 7) is 22.4. The van der Waals surface area contributed by atoms with E-state index in [2.05, 4.69) is 43.4 Å². The molecule has 0 aromatic heterocycles. The van der Waals surface area contributed by atoms with Gasteiger partial charge in [0.1, 0.15) is 17.3 Å². The molecule has 4 fully saturated rings. The quantitative estimate of drug-likeness (QED) is 0.239. The predicted molar refractivity (Wildman–Crippen MR) is 172 cm³/mol. The van der Waals surface area contributed by atoms with Crippen LogP contribution in [0.15, 0.2) is 0 Å². The van der Waals surface area contributed by atoms with Gasteiger partial charge in [0.05, 0.1) is 0 Å². The van der Waals surface area contributed by atoms with Crippen LogP contribution in [0.1, 0.15) is 140 Å². The number of hydrogen-bond donors (Lipinski definition) is 1. The Balaban J connectivity index is 0. The Kier molecular flexibility index (Phi) is 19.2. The van der Waals surface area contributed by atoms with Crippen LogP contribution in [-0.2, 0) is 19.2 Å². The molecule has 0 aliphatic heterocycles. The topological polar surface area (TPSA) is 88.5 Å². The van der Waals surface area contributed by atoms with Crippen LogP contribution in [0.4, 0.5) is 0 Å². The largest absolute Gasteiger partial charge is 0.481 e. The summed E-state index contributed by atoms with van der Waals surface area (Å²) in [5.41, 5.74) is -0.962. The highest BCUT2D eigenvalue weighted by atomic mass is 127. The van der Waals surface area contributed by atoms with Crippen LogP contribution in [0.2, 0.25) is 0 Å². The van der Waals surface area contributed by atoms with Gasteiger partial charge in [-0.15, -0.1) is 0 Å². The summed E-state index contributed by atoms with van der Waals surface area (Å²) >= 11 is 2.15. The normalized spacial score (nSPS) is 35.6. The molecule has 0 aromatic carbocycles. The number of hydrogen-bond acceptors (Lipinski definition) is 4. The van der Waals surface area contributed by atoms with Crippen LogP contribution in [0.3, 0.4) is 0 Å². The van der Waals surface area contributed by atoms with E-state index in [1.807, 2.05) is 60.3 Å². The summed E-state index contributed by atoms with van der Waals surface area (Å²) in [5, 5.41) is 8.97.